The molecule has 0 spiro atoms. The van der Waals surface area contributed by atoms with Crippen LogP contribution in [0.5, 0.6) is 0 Å². The van der Waals surface area contributed by atoms with Crippen molar-refractivity contribution in [2.75, 3.05) is 17.2 Å². The van der Waals surface area contributed by atoms with Gasteiger partial charge in [-0.25, -0.2) is 0 Å². The first kappa shape index (κ1) is 15.2. The van der Waals surface area contributed by atoms with Gasteiger partial charge in [0, 0.05) is 24.3 Å². The minimum absolute atomic E-state index is 0.0407. The topological polar surface area (TPSA) is 84.2 Å². The highest BCUT2D eigenvalue weighted by Crippen LogP contribution is 2.18. The molecule has 0 bridgehead atoms. The van der Waals surface area contributed by atoms with Gasteiger partial charge in [-0.15, -0.1) is 0 Å². The Morgan fingerprint density at radius 1 is 1.11 bits per heavy atom. The van der Waals surface area contributed by atoms with E-state index in [9.17, 15) is 9.59 Å². The van der Waals surface area contributed by atoms with Gasteiger partial charge < -0.3 is 16.4 Å². The fourth-order valence-corrected chi connectivity index (χ4v) is 1.28. The van der Waals surface area contributed by atoms with Gasteiger partial charge in [-0.2, -0.15) is 0 Å². The molecule has 0 saturated heterocycles. The number of carbonyl (C=O) groups excluding carboxylic acids is 2. The molecule has 0 aliphatic heterocycles. The molecule has 0 aromatic heterocycles. The van der Waals surface area contributed by atoms with Crippen molar-refractivity contribution >= 4 is 23.2 Å². The molecule has 2 amide bonds. The van der Waals surface area contributed by atoms with E-state index in [0.717, 1.165) is 0 Å². The zero-order chi connectivity index (χ0) is 14.5. The van der Waals surface area contributed by atoms with Crippen molar-refractivity contribution in [2.24, 2.45) is 11.1 Å². The number of amides is 2. The zero-order valence-corrected chi connectivity index (χ0v) is 11.6. The number of carbonyl (C=O) groups is 2. The molecular weight excluding hydrogens is 242 g/mol. The SMILES string of the molecule is CCC(=O)Nc1ccc(NC(=O)C(C)(C)CN)cc1. The van der Waals surface area contributed by atoms with E-state index in [1.807, 2.05) is 0 Å². The number of anilines is 2. The maximum absolute atomic E-state index is 11.9. The Labute approximate surface area is 113 Å². The van der Waals surface area contributed by atoms with Crippen LogP contribution < -0.4 is 16.4 Å². The lowest BCUT2D eigenvalue weighted by molar-refractivity contribution is -0.123. The Balaban J connectivity index is 2.67. The molecule has 0 aliphatic rings. The number of hydrogen-bond donors (Lipinski definition) is 3. The zero-order valence-electron chi connectivity index (χ0n) is 11.6. The first-order valence-corrected chi connectivity index (χ1v) is 6.30. The van der Waals surface area contributed by atoms with Crippen LogP contribution in [0.25, 0.3) is 0 Å². The lowest BCUT2D eigenvalue weighted by Gasteiger charge is -2.21. The Morgan fingerprint density at radius 3 is 2.00 bits per heavy atom. The summed E-state index contributed by atoms with van der Waals surface area (Å²) in [5.41, 5.74) is 6.34. The lowest BCUT2D eigenvalue weighted by Crippen LogP contribution is -2.37. The first-order chi connectivity index (χ1) is 8.89. The van der Waals surface area contributed by atoms with Crippen LogP contribution in [0, 0.1) is 5.41 Å². The summed E-state index contributed by atoms with van der Waals surface area (Å²) in [5, 5.41) is 5.54. The van der Waals surface area contributed by atoms with Crippen LogP contribution in [-0.2, 0) is 9.59 Å². The monoisotopic (exact) mass is 263 g/mol. The molecule has 4 N–H and O–H groups in total. The summed E-state index contributed by atoms with van der Waals surface area (Å²) in [6.07, 6.45) is 0.434. The molecule has 104 valence electrons. The predicted octanol–water partition coefficient (Wildman–Crippen LogP) is 1.96. The number of benzene rings is 1. The summed E-state index contributed by atoms with van der Waals surface area (Å²) in [7, 11) is 0. The fourth-order valence-electron chi connectivity index (χ4n) is 1.28. The molecule has 1 aromatic carbocycles. The molecule has 0 aliphatic carbocycles. The van der Waals surface area contributed by atoms with Crippen molar-refractivity contribution in [3.63, 3.8) is 0 Å². The fraction of sp³-hybridized carbons (Fsp3) is 0.429. The average Bonchev–Trinajstić information content (AvgIpc) is 2.40. The van der Waals surface area contributed by atoms with E-state index in [2.05, 4.69) is 10.6 Å². The van der Waals surface area contributed by atoms with E-state index >= 15 is 0 Å². The standard InChI is InChI=1S/C14H21N3O2/c1-4-12(18)16-10-5-7-11(8-6-10)17-13(19)14(2,3)9-15/h5-8H,4,9,15H2,1-3H3,(H,16,18)(H,17,19). The summed E-state index contributed by atoms with van der Waals surface area (Å²) in [4.78, 5) is 23.1. The quantitative estimate of drug-likeness (QED) is 0.759. The highest BCUT2D eigenvalue weighted by molar-refractivity contribution is 5.95. The van der Waals surface area contributed by atoms with Crippen molar-refractivity contribution in [1.29, 1.82) is 0 Å². The van der Waals surface area contributed by atoms with Gasteiger partial charge in [-0.1, -0.05) is 6.92 Å². The normalized spacial score (nSPS) is 10.9. The molecule has 0 saturated carbocycles. The maximum Gasteiger partial charge on any atom is 0.231 e. The van der Waals surface area contributed by atoms with Gasteiger partial charge in [0.25, 0.3) is 0 Å². The van der Waals surface area contributed by atoms with Gasteiger partial charge in [0.05, 0.1) is 5.41 Å². The van der Waals surface area contributed by atoms with E-state index in [4.69, 9.17) is 5.73 Å². The second kappa shape index (κ2) is 6.33. The summed E-state index contributed by atoms with van der Waals surface area (Å²) in [6.45, 7) is 5.65. The van der Waals surface area contributed by atoms with Crippen LogP contribution >= 0.6 is 0 Å². The third kappa shape index (κ3) is 4.37. The van der Waals surface area contributed by atoms with Crippen molar-refractivity contribution in [3.05, 3.63) is 24.3 Å². The second-order valence-corrected chi connectivity index (χ2v) is 5.02. The molecule has 5 nitrogen and oxygen atoms in total. The highest BCUT2D eigenvalue weighted by Gasteiger charge is 2.25. The van der Waals surface area contributed by atoms with Crippen LogP contribution in [0.2, 0.25) is 0 Å². The lowest BCUT2D eigenvalue weighted by atomic mass is 9.92. The van der Waals surface area contributed by atoms with Crippen LogP contribution in [0.3, 0.4) is 0 Å². The third-order valence-electron chi connectivity index (χ3n) is 2.87. The summed E-state index contributed by atoms with van der Waals surface area (Å²) >= 11 is 0. The van der Waals surface area contributed by atoms with E-state index in [1.165, 1.54) is 0 Å². The Bertz CT molecular complexity index is 452. The largest absolute Gasteiger partial charge is 0.329 e. The molecular formula is C14H21N3O2. The van der Waals surface area contributed by atoms with Crippen LogP contribution in [0.15, 0.2) is 24.3 Å². The van der Waals surface area contributed by atoms with E-state index in [-0.39, 0.29) is 18.4 Å². The molecule has 19 heavy (non-hydrogen) atoms. The molecule has 0 fully saturated rings. The first-order valence-electron chi connectivity index (χ1n) is 6.30. The minimum atomic E-state index is -0.602. The van der Waals surface area contributed by atoms with E-state index in [1.54, 1.807) is 45.0 Å². The van der Waals surface area contributed by atoms with Gasteiger partial charge in [0.1, 0.15) is 0 Å². The van der Waals surface area contributed by atoms with Crippen LogP contribution in [0.1, 0.15) is 27.2 Å². The molecule has 0 radical (unpaired) electrons. The molecule has 0 heterocycles. The van der Waals surface area contributed by atoms with Crippen LogP contribution in [-0.4, -0.2) is 18.4 Å². The Kier molecular flexibility index (Phi) is 5.06. The van der Waals surface area contributed by atoms with Crippen molar-refractivity contribution in [2.45, 2.75) is 27.2 Å². The summed E-state index contributed by atoms with van der Waals surface area (Å²) in [5.74, 6) is -0.165. The van der Waals surface area contributed by atoms with E-state index < -0.39 is 5.41 Å². The molecule has 0 unspecified atom stereocenters. The second-order valence-electron chi connectivity index (χ2n) is 5.02. The maximum atomic E-state index is 11.9. The van der Waals surface area contributed by atoms with Crippen molar-refractivity contribution in [3.8, 4) is 0 Å². The average molecular weight is 263 g/mol. The molecule has 1 aromatic rings. The van der Waals surface area contributed by atoms with Crippen molar-refractivity contribution < 1.29 is 9.59 Å². The Hall–Kier alpha value is -1.88. The van der Waals surface area contributed by atoms with Gasteiger partial charge in [-0.3, -0.25) is 9.59 Å². The van der Waals surface area contributed by atoms with Crippen LogP contribution in [0.4, 0.5) is 11.4 Å². The smallest absolute Gasteiger partial charge is 0.231 e. The number of nitrogens with two attached hydrogens (primary N) is 1. The van der Waals surface area contributed by atoms with Gasteiger partial charge in [0.15, 0.2) is 0 Å². The number of nitrogens with one attached hydrogen (secondary N) is 2. The van der Waals surface area contributed by atoms with Crippen molar-refractivity contribution in [1.82, 2.24) is 0 Å². The predicted molar refractivity (Wildman–Crippen MR) is 76.8 cm³/mol. The molecule has 5 heteroatoms. The number of hydrogen-bond acceptors (Lipinski definition) is 3. The number of rotatable bonds is 5. The summed E-state index contributed by atoms with van der Waals surface area (Å²) < 4.78 is 0. The minimum Gasteiger partial charge on any atom is -0.329 e. The van der Waals surface area contributed by atoms with Gasteiger partial charge in [0.2, 0.25) is 11.8 Å². The summed E-state index contributed by atoms with van der Waals surface area (Å²) in [6, 6.07) is 6.99. The highest BCUT2D eigenvalue weighted by atomic mass is 16.2. The van der Waals surface area contributed by atoms with E-state index in [0.29, 0.717) is 17.8 Å². The molecule has 0 atom stereocenters. The Morgan fingerprint density at radius 2 is 1.58 bits per heavy atom. The molecule has 1 rings (SSSR count). The third-order valence-corrected chi connectivity index (χ3v) is 2.87. The van der Waals surface area contributed by atoms with Gasteiger partial charge in [-0.05, 0) is 38.1 Å². The van der Waals surface area contributed by atoms with Gasteiger partial charge >= 0.3 is 0 Å².